The van der Waals surface area contributed by atoms with Crippen molar-refractivity contribution in [1.29, 1.82) is 0 Å². The zero-order valence-electron chi connectivity index (χ0n) is 15.9. The number of thiazole rings is 1. The van der Waals surface area contributed by atoms with E-state index < -0.39 is 0 Å². The van der Waals surface area contributed by atoms with E-state index in [2.05, 4.69) is 25.5 Å². The third-order valence-electron chi connectivity index (χ3n) is 4.43. The van der Waals surface area contributed by atoms with Crippen molar-refractivity contribution in [1.82, 2.24) is 25.4 Å². The number of nitrogens with zero attached hydrogens (tertiary/aromatic N) is 4. The molecular formula is C17H30N6OS. The molecule has 2 rings (SSSR count). The summed E-state index contributed by atoms with van der Waals surface area (Å²) >= 11 is 1.72. The van der Waals surface area contributed by atoms with E-state index in [0.29, 0.717) is 12.6 Å². The molecule has 140 valence electrons. The maximum absolute atomic E-state index is 11.8. The number of guanidine groups is 1. The highest BCUT2D eigenvalue weighted by Crippen LogP contribution is 2.16. The van der Waals surface area contributed by atoms with E-state index in [9.17, 15) is 4.79 Å². The van der Waals surface area contributed by atoms with Crippen molar-refractivity contribution in [3.63, 3.8) is 0 Å². The molecule has 1 fully saturated rings. The van der Waals surface area contributed by atoms with Crippen molar-refractivity contribution in [2.75, 3.05) is 40.8 Å². The molecule has 1 aliphatic rings. The lowest BCUT2D eigenvalue weighted by Gasteiger charge is -2.33. The number of carbonyl (C=O) groups excluding carboxylic acids is 1. The second kappa shape index (κ2) is 9.15. The predicted octanol–water partition coefficient (Wildman–Crippen LogP) is 0.978. The number of aliphatic imine (C=N–C) groups is 1. The summed E-state index contributed by atoms with van der Waals surface area (Å²) in [6.07, 6.45) is 2.03. The van der Waals surface area contributed by atoms with Gasteiger partial charge in [-0.3, -0.25) is 14.7 Å². The summed E-state index contributed by atoms with van der Waals surface area (Å²) in [5.74, 6) is 0.993. The third kappa shape index (κ3) is 5.97. The molecule has 1 aliphatic heterocycles. The zero-order chi connectivity index (χ0) is 18.4. The lowest BCUT2D eigenvalue weighted by atomic mass is 10.1. The van der Waals surface area contributed by atoms with Gasteiger partial charge in [-0.05, 0) is 26.7 Å². The lowest BCUT2D eigenvalue weighted by molar-refractivity contribution is -0.130. The first-order chi connectivity index (χ1) is 11.9. The second-order valence-corrected chi connectivity index (χ2v) is 7.94. The molecule has 1 aromatic rings. The molecule has 0 radical (unpaired) electrons. The number of rotatable bonds is 5. The van der Waals surface area contributed by atoms with Crippen molar-refractivity contribution < 1.29 is 4.79 Å². The SMILES string of the molecule is CN=C(NCc1sc(C)nc1C)NC1CCN(CC(=O)N(C)C)CC1. The molecule has 8 heteroatoms. The molecule has 0 spiro atoms. The van der Waals surface area contributed by atoms with Crippen LogP contribution in [0, 0.1) is 13.8 Å². The summed E-state index contributed by atoms with van der Waals surface area (Å²) in [5.41, 5.74) is 1.09. The maximum Gasteiger partial charge on any atom is 0.236 e. The summed E-state index contributed by atoms with van der Waals surface area (Å²) in [6.45, 7) is 7.19. The molecule has 25 heavy (non-hydrogen) atoms. The van der Waals surface area contributed by atoms with Crippen LogP contribution >= 0.6 is 11.3 Å². The molecule has 0 bridgehead atoms. The average molecular weight is 367 g/mol. The smallest absolute Gasteiger partial charge is 0.236 e. The standard InChI is InChI=1S/C17H30N6OS/c1-12-15(25-13(2)20-12)10-19-17(18-3)21-14-6-8-23(9-7-14)11-16(24)22(4)5/h14H,6-11H2,1-5H3,(H2,18,19,21). The van der Waals surface area contributed by atoms with Crippen LogP contribution < -0.4 is 10.6 Å². The number of likely N-dealkylation sites (N-methyl/N-ethyl adjacent to an activating group) is 1. The molecule has 0 aromatic carbocycles. The summed E-state index contributed by atoms with van der Waals surface area (Å²) in [5, 5.41) is 7.97. The zero-order valence-corrected chi connectivity index (χ0v) is 16.7. The minimum atomic E-state index is 0.166. The number of hydrogen-bond donors (Lipinski definition) is 2. The van der Waals surface area contributed by atoms with Crippen LogP contribution in [0.3, 0.4) is 0 Å². The summed E-state index contributed by atoms with van der Waals surface area (Å²) < 4.78 is 0. The number of nitrogens with one attached hydrogen (secondary N) is 2. The number of hydrogen-bond acceptors (Lipinski definition) is 5. The van der Waals surface area contributed by atoms with E-state index in [4.69, 9.17) is 0 Å². The Morgan fingerprint density at radius 3 is 2.56 bits per heavy atom. The number of aryl methyl sites for hydroxylation is 2. The highest BCUT2D eigenvalue weighted by atomic mass is 32.1. The van der Waals surface area contributed by atoms with Gasteiger partial charge < -0.3 is 15.5 Å². The lowest BCUT2D eigenvalue weighted by Crippen LogP contribution is -2.49. The van der Waals surface area contributed by atoms with E-state index >= 15 is 0 Å². The summed E-state index contributed by atoms with van der Waals surface area (Å²) in [6, 6.07) is 0.390. The minimum absolute atomic E-state index is 0.166. The number of amides is 1. The van der Waals surface area contributed by atoms with Crippen LogP contribution in [0.1, 0.15) is 28.4 Å². The van der Waals surface area contributed by atoms with Crippen molar-refractivity contribution in [2.24, 2.45) is 4.99 Å². The van der Waals surface area contributed by atoms with Gasteiger partial charge in [0.25, 0.3) is 0 Å². The molecule has 7 nitrogen and oxygen atoms in total. The first-order valence-corrected chi connectivity index (χ1v) is 9.53. The highest BCUT2D eigenvalue weighted by Gasteiger charge is 2.22. The van der Waals surface area contributed by atoms with E-state index in [0.717, 1.165) is 49.1 Å². The minimum Gasteiger partial charge on any atom is -0.354 e. The fraction of sp³-hybridized carbons (Fsp3) is 0.706. The highest BCUT2D eigenvalue weighted by molar-refractivity contribution is 7.11. The number of likely N-dealkylation sites (tertiary alicyclic amines) is 1. The van der Waals surface area contributed by atoms with Gasteiger partial charge in [-0.25, -0.2) is 4.98 Å². The van der Waals surface area contributed by atoms with Gasteiger partial charge in [-0.2, -0.15) is 0 Å². The summed E-state index contributed by atoms with van der Waals surface area (Å²) in [4.78, 5) is 25.7. The fourth-order valence-corrected chi connectivity index (χ4v) is 3.73. The van der Waals surface area contributed by atoms with E-state index in [1.54, 1.807) is 37.4 Å². The van der Waals surface area contributed by atoms with Gasteiger partial charge in [0.2, 0.25) is 5.91 Å². The van der Waals surface area contributed by atoms with Crippen LogP contribution in [-0.2, 0) is 11.3 Å². The largest absolute Gasteiger partial charge is 0.354 e. The number of piperidine rings is 1. The van der Waals surface area contributed by atoms with Crippen LogP contribution in [0.15, 0.2) is 4.99 Å². The first kappa shape index (κ1) is 19.7. The van der Waals surface area contributed by atoms with Gasteiger partial charge in [-0.1, -0.05) is 0 Å². The molecule has 2 heterocycles. The van der Waals surface area contributed by atoms with Crippen LogP contribution in [0.5, 0.6) is 0 Å². The fourth-order valence-electron chi connectivity index (χ4n) is 2.86. The van der Waals surface area contributed by atoms with Crippen molar-refractivity contribution in [3.8, 4) is 0 Å². The Kier molecular flexibility index (Phi) is 7.19. The molecule has 0 aliphatic carbocycles. The van der Waals surface area contributed by atoms with Gasteiger partial charge in [0, 0.05) is 45.2 Å². The molecule has 1 amide bonds. The Hall–Kier alpha value is -1.67. The summed E-state index contributed by atoms with van der Waals surface area (Å²) in [7, 11) is 5.40. The Morgan fingerprint density at radius 1 is 1.36 bits per heavy atom. The molecular weight excluding hydrogens is 336 g/mol. The van der Waals surface area contributed by atoms with Gasteiger partial charge in [0.05, 0.1) is 23.8 Å². The van der Waals surface area contributed by atoms with Gasteiger partial charge >= 0.3 is 0 Å². The molecule has 1 saturated heterocycles. The maximum atomic E-state index is 11.8. The molecule has 0 saturated carbocycles. The van der Waals surface area contributed by atoms with Gasteiger partial charge in [0.15, 0.2) is 5.96 Å². The Balaban J connectivity index is 1.75. The topological polar surface area (TPSA) is 72.9 Å². The van der Waals surface area contributed by atoms with Crippen molar-refractivity contribution >= 4 is 23.2 Å². The molecule has 0 unspecified atom stereocenters. The third-order valence-corrected chi connectivity index (χ3v) is 5.50. The number of carbonyl (C=O) groups is 1. The van der Waals surface area contributed by atoms with Crippen molar-refractivity contribution in [2.45, 2.75) is 39.3 Å². The van der Waals surface area contributed by atoms with Crippen LogP contribution in [-0.4, -0.2) is 73.5 Å². The van der Waals surface area contributed by atoms with E-state index in [1.165, 1.54) is 4.88 Å². The van der Waals surface area contributed by atoms with Crippen LogP contribution in [0.4, 0.5) is 0 Å². The Bertz CT molecular complexity index is 604. The predicted molar refractivity (Wildman–Crippen MR) is 103 cm³/mol. The quantitative estimate of drug-likeness (QED) is 0.600. The Morgan fingerprint density at radius 2 is 2.04 bits per heavy atom. The van der Waals surface area contributed by atoms with Gasteiger partial charge in [0.1, 0.15) is 0 Å². The molecule has 2 N–H and O–H groups in total. The second-order valence-electron chi connectivity index (χ2n) is 6.65. The normalized spacial score (nSPS) is 16.8. The average Bonchev–Trinajstić information content (AvgIpc) is 2.90. The number of aromatic nitrogens is 1. The van der Waals surface area contributed by atoms with Crippen LogP contribution in [0.25, 0.3) is 0 Å². The van der Waals surface area contributed by atoms with Crippen molar-refractivity contribution in [3.05, 3.63) is 15.6 Å². The van der Waals surface area contributed by atoms with E-state index in [1.807, 2.05) is 13.8 Å². The molecule has 0 atom stereocenters. The van der Waals surface area contributed by atoms with Crippen LogP contribution in [0.2, 0.25) is 0 Å². The monoisotopic (exact) mass is 366 g/mol. The molecule has 1 aromatic heterocycles. The van der Waals surface area contributed by atoms with E-state index in [-0.39, 0.29) is 5.91 Å². The van der Waals surface area contributed by atoms with Gasteiger partial charge in [-0.15, -0.1) is 11.3 Å². The first-order valence-electron chi connectivity index (χ1n) is 8.71. The Labute approximate surface area is 154 Å².